The van der Waals surface area contributed by atoms with Gasteiger partial charge in [0.05, 0.1) is 25.4 Å². The van der Waals surface area contributed by atoms with Gasteiger partial charge in [0.25, 0.3) is 0 Å². The normalized spacial score (nSPS) is 16.3. The van der Waals surface area contributed by atoms with E-state index in [0.29, 0.717) is 19.1 Å². The molecule has 86 valence electrons. The number of rotatable bonds is 7. The van der Waals surface area contributed by atoms with Crippen molar-refractivity contribution in [3.8, 4) is 0 Å². The van der Waals surface area contributed by atoms with E-state index >= 15 is 0 Å². The Morgan fingerprint density at radius 3 is 1.93 bits per heavy atom. The summed E-state index contributed by atoms with van der Waals surface area (Å²) < 4.78 is 10.5. The van der Waals surface area contributed by atoms with E-state index in [4.69, 9.17) is 9.47 Å². The lowest BCUT2D eigenvalue weighted by molar-refractivity contribution is -0.0877. The molecule has 0 aromatic carbocycles. The first-order valence-corrected chi connectivity index (χ1v) is 5.29. The third-order valence-electron chi connectivity index (χ3n) is 2.27. The molecule has 0 radical (unpaired) electrons. The van der Waals surface area contributed by atoms with Crippen molar-refractivity contribution < 1.29 is 14.6 Å². The Morgan fingerprint density at radius 2 is 1.57 bits per heavy atom. The first-order valence-electron chi connectivity index (χ1n) is 5.29. The standard InChI is InChI=1S/C11H24O3/c1-8(2)10(12)11(9(3)4)14-7-6-13-5/h8-12H,6-7H2,1-5H3/t10-,11+/m1/s1. The molecule has 14 heavy (non-hydrogen) atoms. The Bertz CT molecular complexity index is 134. The van der Waals surface area contributed by atoms with Crippen molar-refractivity contribution in [3.05, 3.63) is 0 Å². The summed E-state index contributed by atoms with van der Waals surface area (Å²) in [6, 6.07) is 0. The van der Waals surface area contributed by atoms with Gasteiger partial charge in [0.15, 0.2) is 0 Å². The van der Waals surface area contributed by atoms with Crippen molar-refractivity contribution in [3.63, 3.8) is 0 Å². The van der Waals surface area contributed by atoms with Gasteiger partial charge >= 0.3 is 0 Å². The SMILES string of the molecule is COCCO[C@@H](C(C)C)[C@H](O)C(C)C. The Kier molecular flexibility index (Phi) is 7.15. The molecule has 0 aromatic heterocycles. The number of aliphatic hydroxyl groups excluding tert-OH is 1. The monoisotopic (exact) mass is 204 g/mol. The highest BCUT2D eigenvalue weighted by Crippen LogP contribution is 2.17. The van der Waals surface area contributed by atoms with Crippen LogP contribution in [0.3, 0.4) is 0 Å². The number of aliphatic hydroxyl groups is 1. The van der Waals surface area contributed by atoms with E-state index in [0.717, 1.165) is 0 Å². The third kappa shape index (κ3) is 4.94. The minimum atomic E-state index is -0.396. The molecular weight excluding hydrogens is 180 g/mol. The topological polar surface area (TPSA) is 38.7 Å². The first-order chi connectivity index (χ1) is 6.50. The molecule has 0 bridgehead atoms. The number of hydrogen-bond acceptors (Lipinski definition) is 3. The fourth-order valence-corrected chi connectivity index (χ4v) is 1.33. The van der Waals surface area contributed by atoms with Crippen molar-refractivity contribution in [2.75, 3.05) is 20.3 Å². The van der Waals surface area contributed by atoms with Crippen LogP contribution in [0.5, 0.6) is 0 Å². The molecule has 0 unspecified atom stereocenters. The summed E-state index contributed by atoms with van der Waals surface area (Å²) in [6.45, 7) is 9.24. The van der Waals surface area contributed by atoms with Gasteiger partial charge < -0.3 is 14.6 Å². The van der Waals surface area contributed by atoms with E-state index in [1.54, 1.807) is 7.11 Å². The van der Waals surface area contributed by atoms with Crippen LogP contribution in [0.4, 0.5) is 0 Å². The minimum Gasteiger partial charge on any atom is -0.390 e. The zero-order chi connectivity index (χ0) is 11.1. The molecule has 2 atom stereocenters. The molecule has 0 amide bonds. The molecule has 0 aliphatic carbocycles. The number of methoxy groups -OCH3 is 1. The van der Waals surface area contributed by atoms with Crippen LogP contribution in [-0.2, 0) is 9.47 Å². The van der Waals surface area contributed by atoms with Crippen LogP contribution in [0.25, 0.3) is 0 Å². The summed E-state index contributed by atoms with van der Waals surface area (Å²) in [5, 5.41) is 9.89. The van der Waals surface area contributed by atoms with Crippen LogP contribution in [0.15, 0.2) is 0 Å². The molecule has 0 rings (SSSR count). The van der Waals surface area contributed by atoms with Gasteiger partial charge in [-0.05, 0) is 11.8 Å². The number of ether oxygens (including phenoxy) is 2. The second-order valence-corrected chi connectivity index (χ2v) is 4.31. The fourth-order valence-electron chi connectivity index (χ4n) is 1.33. The third-order valence-corrected chi connectivity index (χ3v) is 2.27. The summed E-state index contributed by atoms with van der Waals surface area (Å²) in [7, 11) is 1.65. The lowest BCUT2D eigenvalue weighted by atomic mass is 9.94. The van der Waals surface area contributed by atoms with Crippen LogP contribution in [-0.4, -0.2) is 37.6 Å². The minimum absolute atomic E-state index is 0.0925. The van der Waals surface area contributed by atoms with Crippen molar-refractivity contribution in [2.24, 2.45) is 11.8 Å². The summed E-state index contributed by atoms with van der Waals surface area (Å²) in [6.07, 6.45) is -0.489. The van der Waals surface area contributed by atoms with Crippen LogP contribution >= 0.6 is 0 Å². The van der Waals surface area contributed by atoms with Gasteiger partial charge in [0.2, 0.25) is 0 Å². The second-order valence-electron chi connectivity index (χ2n) is 4.31. The summed E-state index contributed by atoms with van der Waals surface area (Å²) in [5.74, 6) is 0.550. The van der Waals surface area contributed by atoms with Crippen LogP contribution < -0.4 is 0 Å². The van der Waals surface area contributed by atoms with Gasteiger partial charge in [0.1, 0.15) is 0 Å². The first kappa shape index (κ1) is 13.9. The number of hydrogen-bond donors (Lipinski definition) is 1. The molecule has 3 heteroatoms. The predicted octanol–water partition coefficient (Wildman–Crippen LogP) is 1.69. The molecule has 0 aliphatic rings. The zero-order valence-corrected chi connectivity index (χ0v) is 9.99. The molecule has 0 aromatic rings. The predicted molar refractivity (Wildman–Crippen MR) is 57.3 cm³/mol. The van der Waals surface area contributed by atoms with Gasteiger partial charge in [-0.25, -0.2) is 0 Å². The van der Waals surface area contributed by atoms with Gasteiger partial charge in [0, 0.05) is 7.11 Å². The molecule has 0 fully saturated rings. The van der Waals surface area contributed by atoms with Crippen LogP contribution in [0.2, 0.25) is 0 Å². The Balaban J connectivity index is 4.01. The second kappa shape index (κ2) is 7.21. The highest BCUT2D eigenvalue weighted by atomic mass is 16.5. The smallest absolute Gasteiger partial charge is 0.0860 e. The molecule has 1 N–H and O–H groups in total. The molecule has 0 spiro atoms. The Morgan fingerprint density at radius 1 is 1.00 bits per heavy atom. The van der Waals surface area contributed by atoms with Crippen molar-refractivity contribution in [2.45, 2.75) is 39.9 Å². The average molecular weight is 204 g/mol. The van der Waals surface area contributed by atoms with Crippen molar-refractivity contribution in [1.29, 1.82) is 0 Å². The van der Waals surface area contributed by atoms with Crippen LogP contribution in [0, 0.1) is 11.8 Å². The van der Waals surface area contributed by atoms with E-state index in [2.05, 4.69) is 13.8 Å². The summed E-state index contributed by atoms with van der Waals surface area (Å²) in [5.41, 5.74) is 0. The van der Waals surface area contributed by atoms with E-state index in [1.807, 2.05) is 13.8 Å². The highest BCUT2D eigenvalue weighted by molar-refractivity contribution is 4.74. The van der Waals surface area contributed by atoms with E-state index in [-0.39, 0.29) is 12.0 Å². The lowest BCUT2D eigenvalue weighted by Crippen LogP contribution is -2.38. The summed E-state index contributed by atoms with van der Waals surface area (Å²) >= 11 is 0. The quantitative estimate of drug-likeness (QED) is 0.641. The van der Waals surface area contributed by atoms with E-state index < -0.39 is 6.10 Å². The lowest BCUT2D eigenvalue weighted by Gasteiger charge is -2.29. The van der Waals surface area contributed by atoms with Crippen molar-refractivity contribution >= 4 is 0 Å². The van der Waals surface area contributed by atoms with E-state index in [1.165, 1.54) is 0 Å². The van der Waals surface area contributed by atoms with E-state index in [9.17, 15) is 5.11 Å². The van der Waals surface area contributed by atoms with Gasteiger partial charge in [-0.1, -0.05) is 27.7 Å². The van der Waals surface area contributed by atoms with Crippen molar-refractivity contribution in [1.82, 2.24) is 0 Å². The van der Waals surface area contributed by atoms with Gasteiger partial charge in [-0.15, -0.1) is 0 Å². The van der Waals surface area contributed by atoms with Crippen LogP contribution in [0.1, 0.15) is 27.7 Å². The fraction of sp³-hybridized carbons (Fsp3) is 1.00. The molecule has 0 saturated carbocycles. The largest absolute Gasteiger partial charge is 0.390 e. The molecular formula is C11H24O3. The maximum atomic E-state index is 9.89. The molecule has 3 nitrogen and oxygen atoms in total. The Labute approximate surface area is 87.4 Å². The molecule has 0 saturated heterocycles. The Hall–Kier alpha value is -0.120. The average Bonchev–Trinajstić information content (AvgIpc) is 2.10. The molecule has 0 heterocycles. The molecule has 0 aliphatic heterocycles. The maximum Gasteiger partial charge on any atom is 0.0860 e. The highest BCUT2D eigenvalue weighted by Gasteiger charge is 2.25. The van der Waals surface area contributed by atoms with Gasteiger partial charge in [-0.3, -0.25) is 0 Å². The summed E-state index contributed by atoms with van der Waals surface area (Å²) in [4.78, 5) is 0. The van der Waals surface area contributed by atoms with Gasteiger partial charge in [-0.2, -0.15) is 0 Å². The zero-order valence-electron chi connectivity index (χ0n) is 9.99. The maximum absolute atomic E-state index is 9.89.